The Morgan fingerprint density at radius 3 is 1.94 bits per heavy atom. The monoisotopic (exact) mass is 231 g/mol. The van der Waals surface area contributed by atoms with Crippen LogP contribution >= 0.6 is 0 Å². The molecule has 4 N–H and O–H groups in total. The first-order valence-corrected chi connectivity index (χ1v) is 4.07. The Kier molecular flexibility index (Phi) is 9.33. The van der Waals surface area contributed by atoms with E-state index in [2.05, 4.69) is 17.0 Å². The highest BCUT2D eigenvalue weighted by Crippen LogP contribution is 1.94. The SMILES string of the molecule is C=C/C(=C/C(=O)O)C(=O)O.CCOC(N)=O. The zero-order valence-corrected chi connectivity index (χ0v) is 8.67. The molecule has 0 heterocycles. The largest absolute Gasteiger partial charge is 0.478 e. The number of carbonyl (C=O) groups excluding carboxylic acids is 1. The summed E-state index contributed by atoms with van der Waals surface area (Å²) in [6, 6.07) is 0. The Morgan fingerprint density at radius 1 is 1.38 bits per heavy atom. The van der Waals surface area contributed by atoms with Crippen LogP contribution in [0, 0.1) is 0 Å². The number of ether oxygens (including phenoxy) is 1. The summed E-state index contributed by atoms with van der Waals surface area (Å²) < 4.78 is 4.18. The van der Waals surface area contributed by atoms with Gasteiger partial charge in [-0.25, -0.2) is 14.4 Å². The molecule has 0 fully saturated rings. The number of nitrogens with two attached hydrogens (primary N) is 1. The fourth-order valence-corrected chi connectivity index (χ4v) is 0.483. The fourth-order valence-electron chi connectivity index (χ4n) is 0.483. The van der Waals surface area contributed by atoms with Crippen molar-refractivity contribution in [3.05, 3.63) is 24.3 Å². The quantitative estimate of drug-likeness (QED) is 0.473. The maximum atomic E-state index is 10.1. The summed E-state index contributed by atoms with van der Waals surface area (Å²) in [5, 5.41) is 16.3. The Labute approximate surface area is 91.8 Å². The molecule has 0 aliphatic heterocycles. The molecule has 0 aromatic heterocycles. The second-order valence-corrected chi connectivity index (χ2v) is 2.20. The van der Waals surface area contributed by atoms with Gasteiger partial charge >= 0.3 is 18.0 Å². The van der Waals surface area contributed by atoms with Gasteiger partial charge in [0.15, 0.2) is 0 Å². The zero-order chi connectivity index (χ0) is 13.1. The third kappa shape index (κ3) is 11.7. The molecule has 0 aromatic rings. The van der Waals surface area contributed by atoms with Crippen LogP contribution in [0.1, 0.15) is 6.92 Å². The number of carbonyl (C=O) groups is 3. The average Bonchev–Trinajstić information content (AvgIpc) is 2.14. The van der Waals surface area contributed by atoms with Gasteiger partial charge in [0.1, 0.15) is 0 Å². The minimum atomic E-state index is -1.29. The van der Waals surface area contributed by atoms with Crippen LogP contribution in [0.2, 0.25) is 0 Å². The van der Waals surface area contributed by atoms with Crippen molar-refractivity contribution in [1.82, 2.24) is 0 Å². The van der Waals surface area contributed by atoms with E-state index in [0.29, 0.717) is 12.7 Å². The molecule has 0 aromatic carbocycles. The van der Waals surface area contributed by atoms with Gasteiger partial charge in [-0.05, 0) is 6.92 Å². The summed E-state index contributed by atoms with van der Waals surface area (Å²) in [7, 11) is 0. The second kappa shape index (κ2) is 9.25. The molecule has 90 valence electrons. The lowest BCUT2D eigenvalue weighted by Crippen LogP contribution is -2.11. The van der Waals surface area contributed by atoms with Crippen LogP contribution in [0.4, 0.5) is 4.79 Å². The number of carboxylic acids is 2. The topological polar surface area (TPSA) is 127 Å². The van der Waals surface area contributed by atoms with E-state index in [1.165, 1.54) is 0 Å². The summed E-state index contributed by atoms with van der Waals surface area (Å²) in [6.07, 6.45) is 0.837. The highest BCUT2D eigenvalue weighted by Gasteiger charge is 2.03. The number of carboxylic acid groups (broad SMARTS) is 2. The van der Waals surface area contributed by atoms with Gasteiger partial charge in [0.2, 0.25) is 0 Å². The van der Waals surface area contributed by atoms with Crippen LogP contribution in [-0.2, 0) is 14.3 Å². The normalized spacial score (nSPS) is 9.44. The maximum Gasteiger partial charge on any atom is 0.404 e. The van der Waals surface area contributed by atoms with Gasteiger partial charge in [-0.2, -0.15) is 0 Å². The van der Waals surface area contributed by atoms with Crippen molar-refractivity contribution in [3.63, 3.8) is 0 Å². The van der Waals surface area contributed by atoms with E-state index in [9.17, 15) is 14.4 Å². The summed E-state index contributed by atoms with van der Waals surface area (Å²) in [5.74, 6) is -2.59. The number of primary amides is 1. The van der Waals surface area contributed by atoms with Gasteiger partial charge in [-0.1, -0.05) is 12.7 Å². The van der Waals surface area contributed by atoms with Crippen LogP contribution in [-0.4, -0.2) is 34.9 Å². The Morgan fingerprint density at radius 2 is 1.88 bits per heavy atom. The van der Waals surface area contributed by atoms with Crippen LogP contribution in [0.25, 0.3) is 0 Å². The highest BCUT2D eigenvalue weighted by molar-refractivity contribution is 5.96. The third-order valence-corrected chi connectivity index (χ3v) is 1.03. The summed E-state index contributed by atoms with van der Waals surface area (Å²) in [4.78, 5) is 29.5. The van der Waals surface area contributed by atoms with Gasteiger partial charge in [0.25, 0.3) is 0 Å². The first kappa shape index (κ1) is 16.1. The Balaban J connectivity index is 0. The van der Waals surface area contributed by atoms with E-state index in [4.69, 9.17) is 10.2 Å². The molecular weight excluding hydrogens is 218 g/mol. The standard InChI is InChI=1S/C6H6O4.C3H7NO2/c1-2-4(6(9)10)3-5(7)8;1-2-6-3(4)5/h2-3H,1H2,(H,7,8)(H,9,10);2H2,1H3,(H2,4,5)/b4-3-;. The lowest BCUT2D eigenvalue weighted by atomic mass is 10.2. The molecule has 0 bridgehead atoms. The average molecular weight is 231 g/mol. The molecule has 0 saturated heterocycles. The number of aliphatic carboxylic acids is 2. The molecular formula is C9H13NO6. The van der Waals surface area contributed by atoms with Gasteiger partial charge in [0.05, 0.1) is 12.2 Å². The Hall–Kier alpha value is -2.31. The van der Waals surface area contributed by atoms with Crippen molar-refractivity contribution >= 4 is 18.0 Å². The second-order valence-electron chi connectivity index (χ2n) is 2.20. The van der Waals surface area contributed by atoms with Crippen molar-refractivity contribution in [2.75, 3.05) is 6.61 Å². The molecule has 16 heavy (non-hydrogen) atoms. The smallest absolute Gasteiger partial charge is 0.404 e. The van der Waals surface area contributed by atoms with Gasteiger partial charge in [-0.15, -0.1) is 0 Å². The molecule has 7 nitrogen and oxygen atoms in total. The van der Waals surface area contributed by atoms with Crippen LogP contribution < -0.4 is 5.73 Å². The molecule has 0 aliphatic rings. The van der Waals surface area contributed by atoms with E-state index in [1.807, 2.05) is 0 Å². The third-order valence-electron chi connectivity index (χ3n) is 1.03. The van der Waals surface area contributed by atoms with Gasteiger partial charge in [0, 0.05) is 6.08 Å². The number of hydrogen-bond acceptors (Lipinski definition) is 4. The summed E-state index contributed by atoms with van der Waals surface area (Å²) in [5.41, 5.74) is 4.22. The summed E-state index contributed by atoms with van der Waals surface area (Å²) in [6.45, 7) is 5.18. The van der Waals surface area contributed by atoms with E-state index in [-0.39, 0.29) is 5.57 Å². The molecule has 1 amide bonds. The molecule has 0 spiro atoms. The minimum Gasteiger partial charge on any atom is -0.478 e. The molecule has 0 saturated carbocycles. The molecule has 0 rings (SSSR count). The molecule has 0 unspecified atom stereocenters. The number of amides is 1. The fraction of sp³-hybridized carbons (Fsp3) is 0.222. The highest BCUT2D eigenvalue weighted by atomic mass is 16.5. The predicted octanol–water partition coefficient (Wildman–Crippen LogP) is 0.370. The van der Waals surface area contributed by atoms with Crippen molar-refractivity contribution in [3.8, 4) is 0 Å². The number of hydrogen-bond donors (Lipinski definition) is 3. The number of rotatable bonds is 4. The maximum absolute atomic E-state index is 10.1. The predicted molar refractivity (Wildman–Crippen MR) is 54.8 cm³/mol. The van der Waals surface area contributed by atoms with E-state index in [0.717, 1.165) is 6.08 Å². The minimum absolute atomic E-state index is 0.326. The Bertz CT molecular complexity index is 307. The van der Waals surface area contributed by atoms with Crippen LogP contribution in [0.15, 0.2) is 24.3 Å². The zero-order valence-electron chi connectivity index (χ0n) is 8.67. The van der Waals surface area contributed by atoms with E-state index in [1.54, 1.807) is 6.92 Å². The van der Waals surface area contributed by atoms with Crippen molar-refractivity contribution in [2.45, 2.75) is 6.92 Å². The molecule has 7 heteroatoms. The van der Waals surface area contributed by atoms with E-state index >= 15 is 0 Å². The first-order chi connectivity index (χ1) is 7.34. The van der Waals surface area contributed by atoms with E-state index < -0.39 is 18.0 Å². The van der Waals surface area contributed by atoms with Gasteiger partial charge < -0.3 is 20.7 Å². The molecule has 0 atom stereocenters. The van der Waals surface area contributed by atoms with Crippen LogP contribution in [0.3, 0.4) is 0 Å². The lowest BCUT2D eigenvalue weighted by Gasteiger charge is -1.89. The van der Waals surface area contributed by atoms with Crippen LogP contribution in [0.5, 0.6) is 0 Å². The summed E-state index contributed by atoms with van der Waals surface area (Å²) >= 11 is 0. The van der Waals surface area contributed by atoms with Crippen molar-refractivity contribution in [1.29, 1.82) is 0 Å². The molecule has 0 radical (unpaired) electrons. The lowest BCUT2D eigenvalue weighted by molar-refractivity contribution is -0.134. The van der Waals surface area contributed by atoms with Gasteiger partial charge in [-0.3, -0.25) is 0 Å². The first-order valence-electron chi connectivity index (χ1n) is 4.07. The molecule has 0 aliphatic carbocycles. The van der Waals surface area contributed by atoms with Crippen molar-refractivity contribution < 1.29 is 29.3 Å². The van der Waals surface area contributed by atoms with Crippen molar-refractivity contribution in [2.24, 2.45) is 5.73 Å².